The predicted octanol–water partition coefficient (Wildman–Crippen LogP) is 2.26. The first-order chi connectivity index (χ1) is 11.0. The molecule has 1 aromatic heterocycles. The Morgan fingerprint density at radius 3 is 2.87 bits per heavy atom. The van der Waals surface area contributed by atoms with Crippen molar-refractivity contribution in [2.75, 3.05) is 6.61 Å². The lowest BCUT2D eigenvalue weighted by Crippen LogP contribution is -2.31. The maximum absolute atomic E-state index is 11.8. The van der Waals surface area contributed by atoms with Crippen LogP contribution in [-0.4, -0.2) is 23.7 Å². The molecule has 0 aliphatic rings. The zero-order valence-corrected chi connectivity index (χ0v) is 12.2. The second kappa shape index (κ2) is 7.21. The summed E-state index contributed by atoms with van der Waals surface area (Å²) in [5.74, 6) is 0.290. The number of carbonyl (C=O) groups excluding carboxylic acids is 2. The molecule has 1 atom stereocenters. The molecule has 1 amide bonds. The molecule has 0 spiro atoms. The van der Waals surface area contributed by atoms with E-state index in [-0.39, 0.29) is 29.6 Å². The molecule has 2 rings (SSSR count). The van der Waals surface area contributed by atoms with Gasteiger partial charge in [-0.2, -0.15) is 0 Å². The molecule has 0 unspecified atom stereocenters. The molecular formula is C15H14N2O6. The summed E-state index contributed by atoms with van der Waals surface area (Å²) in [7, 11) is 0. The van der Waals surface area contributed by atoms with Gasteiger partial charge in [-0.1, -0.05) is 0 Å². The first kappa shape index (κ1) is 16.2. The van der Waals surface area contributed by atoms with E-state index in [2.05, 4.69) is 5.32 Å². The number of nitrogens with one attached hydrogen (secondary N) is 1. The van der Waals surface area contributed by atoms with Crippen molar-refractivity contribution in [2.24, 2.45) is 0 Å². The van der Waals surface area contributed by atoms with Crippen LogP contribution in [0.5, 0.6) is 5.75 Å². The number of hydrogen-bond acceptors (Lipinski definition) is 6. The van der Waals surface area contributed by atoms with E-state index in [9.17, 15) is 19.7 Å². The lowest BCUT2D eigenvalue weighted by atomic mass is 10.2. The Morgan fingerprint density at radius 2 is 2.26 bits per heavy atom. The molecule has 120 valence electrons. The molecule has 1 aromatic carbocycles. The number of nitro groups is 1. The van der Waals surface area contributed by atoms with Crippen LogP contribution in [-0.2, 0) is 4.79 Å². The lowest BCUT2D eigenvalue weighted by Gasteiger charge is -2.12. The van der Waals surface area contributed by atoms with Gasteiger partial charge in [0, 0.05) is 12.1 Å². The lowest BCUT2D eigenvalue weighted by molar-refractivity contribution is -0.384. The summed E-state index contributed by atoms with van der Waals surface area (Å²) in [5.41, 5.74) is -0.221. The first-order valence-electron chi connectivity index (χ1n) is 6.70. The van der Waals surface area contributed by atoms with Crippen molar-refractivity contribution < 1.29 is 23.7 Å². The monoisotopic (exact) mass is 318 g/mol. The highest BCUT2D eigenvalue weighted by atomic mass is 16.6. The number of benzene rings is 1. The summed E-state index contributed by atoms with van der Waals surface area (Å²) in [6, 6.07) is 6.68. The summed E-state index contributed by atoms with van der Waals surface area (Å²) in [5, 5.41) is 13.3. The number of rotatable bonds is 7. The topological polar surface area (TPSA) is 112 Å². The van der Waals surface area contributed by atoms with E-state index in [1.807, 2.05) is 0 Å². The largest absolute Gasteiger partial charge is 0.483 e. The van der Waals surface area contributed by atoms with Crippen LogP contribution in [0.15, 0.2) is 41.0 Å². The Kier molecular flexibility index (Phi) is 5.08. The van der Waals surface area contributed by atoms with Crippen LogP contribution in [0.4, 0.5) is 5.69 Å². The van der Waals surface area contributed by atoms with Crippen molar-refractivity contribution >= 4 is 17.9 Å². The Morgan fingerprint density at radius 1 is 1.48 bits per heavy atom. The standard InChI is InChI=1S/C15H14N2O6/c1-10(13-3-2-6-22-13)16-15(19)9-23-14-5-4-12(17(20)21)7-11(14)8-18/h2-8,10H,9H2,1H3,(H,16,19)/t10-/m0/s1. The van der Waals surface area contributed by atoms with Gasteiger partial charge in [0.2, 0.25) is 0 Å². The smallest absolute Gasteiger partial charge is 0.270 e. The summed E-state index contributed by atoms with van der Waals surface area (Å²) in [4.78, 5) is 32.8. The minimum atomic E-state index is -0.617. The fraction of sp³-hybridized carbons (Fsp3) is 0.200. The van der Waals surface area contributed by atoms with Crippen molar-refractivity contribution in [3.05, 3.63) is 58.0 Å². The minimum Gasteiger partial charge on any atom is -0.483 e. The fourth-order valence-corrected chi connectivity index (χ4v) is 1.91. The molecule has 2 aromatic rings. The molecule has 8 nitrogen and oxygen atoms in total. The molecule has 0 saturated carbocycles. The molecular weight excluding hydrogens is 304 g/mol. The van der Waals surface area contributed by atoms with Gasteiger partial charge in [-0.15, -0.1) is 0 Å². The summed E-state index contributed by atoms with van der Waals surface area (Å²) in [6.45, 7) is 1.42. The average Bonchev–Trinajstić information content (AvgIpc) is 3.07. The van der Waals surface area contributed by atoms with Gasteiger partial charge < -0.3 is 14.5 Å². The van der Waals surface area contributed by atoms with Crippen molar-refractivity contribution in [1.82, 2.24) is 5.32 Å². The van der Waals surface area contributed by atoms with Gasteiger partial charge in [-0.25, -0.2) is 0 Å². The number of non-ortho nitro benzene ring substituents is 1. The van der Waals surface area contributed by atoms with Crippen LogP contribution in [0, 0.1) is 10.1 Å². The zero-order chi connectivity index (χ0) is 16.8. The fourth-order valence-electron chi connectivity index (χ4n) is 1.91. The van der Waals surface area contributed by atoms with Crippen molar-refractivity contribution in [2.45, 2.75) is 13.0 Å². The second-order valence-corrected chi connectivity index (χ2v) is 4.69. The normalized spacial score (nSPS) is 11.5. The molecule has 0 aliphatic heterocycles. The van der Waals surface area contributed by atoms with E-state index in [0.717, 1.165) is 6.07 Å². The highest BCUT2D eigenvalue weighted by Gasteiger charge is 2.15. The molecule has 8 heteroatoms. The molecule has 0 radical (unpaired) electrons. The SMILES string of the molecule is C[C@H](NC(=O)COc1ccc([N+](=O)[O-])cc1C=O)c1ccco1. The van der Waals surface area contributed by atoms with Gasteiger partial charge >= 0.3 is 0 Å². The number of amides is 1. The van der Waals surface area contributed by atoms with Gasteiger partial charge in [0.05, 0.1) is 22.8 Å². The number of hydrogen-bond donors (Lipinski definition) is 1. The third-order valence-electron chi connectivity index (χ3n) is 3.04. The minimum absolute atomic E-state index is 0.00563. The number of furan rings is 1. The molecule has 1 heterocycles. The van der Waals surface area contributed by atoms with Crippen LogP contribution < -0.4 is 10.1 Å². The third kappa shape index (κ3) is 4.16. The van der Waals surface area contributed by atoms with Crippen LogP contribution in [0.3, 0.4) is 0 Å². The third-order valence-corrected chi connectivity index (χ3v) is 3.04. The van der Waals surface area contributed by atoms with E-state index < -0.39 is 10.8 Å². The van der Waals surface area contributed by atoms with E-state index in [1.165, 1.54) is 18.4 Å². The van der Waals surface area contributed by atoms with Crippen LogP contribution in [0.1, 0.15) is 29.1 Å². The van der Waals surface area contributed by atoms with Crippen LogP contribution in [0.25, 0.3) is 0 Å². The average molecular weight is 318 g/mol. The Labute approximate surface area is 131 Å². The first-order valence-corrected chi connectivity index (χ1v) is 6.70. The second-order valence-electron chi connectivity index (χ2n) is 4.69. The molecule has 0 aliphatic carbocycles. The number of carbonyl (C=O) groups is 2. The Bertz CT molecular complexity index is 711. The zero-order valence-electron chi connectivity index (χ0n) is 12.2. The van der Waals surface area contributed by atoms with Crippen LogP contribution in [0.2, 0.25) is 0 Å². The number of nitrogens with zero attached hydrogens (tertiary/aromatic N) is 1. The van der Waals surface area contributed by atoms with Gasteiger partial charge in [0.15, 0.2) is 12.9 Å². The predicted molar refractivity (Wildman–Crippen MR) is 79.2 cm³/mol. The highest BCUT2D eigenvalue weighted by Crippen LogP contribution is 2.22. The Hall–Kier alpha value is -3.16. The molecule has 23 heavy (non-hydrogen) atoms. The van der Waals surface area contributed by atoms with Crippen LogP contribution >= 0.6 is 0 Å². The molecule has 1 N–H and O–H groups in total. The van der Waals surface area contributed by atoms with Gasteiger partial charge in [0.1, 0.15) is 11.5 Å². The number of nitro benzene ring substituents is 1. The number of aldehydes is 1. The summed E-state index contributed by atoms with van der Waals surface area (Å²) < 4.78 is 10.4. The van der Waals surface area contributed by atoms with Crippen molar-refractivity contribution in [3.8, 4) is 5.75 Å². The summed E-state index contributed by atoms with van der Waals surface area (Å²) in [6.07, 6.45) is 1.94. The van der Waals surface area contributed by atoms with Crippen molar-refractivity contribution in [1.29, 1.82) is 0 Å². The quantitative estimate of drug-likeness (QED) is 0.476. The van der Waals surface area contributed by atoms with Gasteiger partial charge in [-0.05, 0) is 25.1 Å². The Balaban J connectivity index is 1.96. The van der Waals surface area contributed by atoms with Gasteiger partial charge in [0.25, 0.3) is 11.6 Å². The van der Waals surface area contributed by atoms with Gasteiger partial charge in [-0.3, -0.25) is 19.7 Å². The van der Waals surface area contributed by atoms with E-state index >= 15 is 0 Å². The van der Waals surface area contributed by atoms with E-state index in [1.54, 1.807) is 19.1 Å². The molecule has 0 bridgehead atoms. The van der Waals surface area contributed by atoms with E-state index in [0.29, 0.717) is 12.0 Å². The van der Waals surface area contributed by atoms with E-state index in [4.69, 9.17) is 9.15 Å². The number of ether oxygens (including phenoxy) is 1. The molecule has 0 saturated heterocycles. The highest BCUT2D eigenvalue weighted by molar-refractivity contribution is 5.82. The van der Waals surface area contributed by atoms with Crippen molar-refractivity contribution in [3.63, 3.8) is 0 Å². The summed E-state index contributed by atoms with van der Waals surface area (Å²) >= 11 is 0. The maximum atomic E-state index is 11.8. The molecule has 0 fully saturated rings. The maximum Gasteiger partial charge on any atom is 0.270 e.